The van der Waals surface area contributed by atoms with Crippen LogP contribution >= 0.6 is 0 Å². The second-order valence-corrected chi connectivity index (χ2v) is 4.63. The van der Waals surface area contributed by atoms with Crippen molar-refractivity contribution >= 4 is 11.6 Å². The summed E-state index contributed by atoms with van der Waals surface area (Å²) in [6.45, 7) is 4.68. The normalized spacial score (nSPS) is 19.8. The van der Waals surface area contributed by atoms with E-state index < -0.39 is 0 Å². The van der Waals surface area contributed by atoms with Gasteiger partial charge >= 0.3 is 0 Å². The molecule has 4 heteroatoms. The molecule has 92 valence electrons. The third-order valence-electron chi connectivity index (χ3n) is 3.21. The molecule has 1 amide bonds. The molecule has 1 heterocycles. The Hall–Kier alpha value is -1.71. The number of anilines is 1. The number of nitrogens with two attached hydrogens (primary N) is 1. The first kappa shape index (κ1) is 11.8. The number of nitrogens with zero attached hydrogens (tertiary/aromatic N) is 1. The van der Waals surface area contributed by atoms with Gasteiger partial charge in [-0.05, 0) is 25.0 Å². The number of hydrogen-bond acceptors (Lipinski definition) is 3. The Kier molecular flexibility index (Phi) is 2.96. The van der Waals surface area contributed by atoms with Gasteiger partial charge < -0.3 is 15.4 Å². The summed E-state index contributed by atoms with van der Waals surface area (Å²) < 4.78 is 5.75. The Morgan fingerprint density at radius 1 is 1.35 bits per heavy atom. The zero-order valence-electron chi connectivity index (χ0n) is 10.5. The number of carbonyl (C=O) groups is 1. The third-order valence-corrected chi connectivity index (χ3v) is 3.21. The van der Waals surface area contributed by atoms with Gasteiger partial charge in [0.05, 0.1) is 0 Å². The van der Waals surface area contributed by atoms with Crippen LogP contribution in [0.5, 0.6) is 5.75 Å². The lowest BCUT2D eigenvalue weighted by Gasteiger charge is -2.16. The lowest BCUT2D eigenvalue weighted by Crippen LogP contribution is -2.29. The summed E-state index contributed by atoms with van der Waals surface area (Å²) in [5.74, 6) is 0.755. The Labute approximate surface area is 101 Å². The molecule has 17 heavy (non-hydrogen) atoms. The molecule has 0 bridgehead atoms. The molecular formula is C13H18N2O2. The minimum atomic E-state index is -0.360. The van der Waals surface area contributed by atoms with Crippen LogP contribution in [0.2, 0.25) is 0 Å². The van der Waals surface area contributed by atoms with Crippen molar-refractivity contribution in [1.82, 2.24) is 4.90 Å². The maximum Gasteiger partial charge on any atom is 0.263 e. The van der Waals surface area contributed by atoms with Crippen LogP contribution in [0.15, 0.2) is 12.1 Å². The van der Waals surface area contributed by atoms with Crippen LogP contribution in [0.4, 0.5) is 5.69 Å². The summed E-state index contributed by atoms with van der Waals surface area (Å²) in [7, 11) is 1.79. The summed E-state index contributed by atoms with van der Waals surface area (Å²) in [5, 5.41) is 0. The van der Waals surface area contributed by atoms with Crippen LogP contribution in [0.1, 0.15) is 17.5 Å². The van der Waals surface area contributed by atoms with Crippen LogP contribution < -0.4 is 10.5 Å². The first-order valence-electron chi connectivity index (χ1n) is 5.77. The molecule has 0 saturated carbocycles. The van der Waals surface area contributed by atoms with Crippen molar-refractivity contribution in [3.63, 3.8) is 0 Å². The topological polar surface area (TPSA) is 55.6 Å². The number of likely N-dealkylation sites (N-methyl/N-ethyl adjacent to an activating group) is 1. The number of rotatable bonds is 2. The van der Waals surface area contributed by atoms with Gasteiger partial charge in [0.2, 0.25) is 0 Å². The number of aryl methyl sites for hydroxylation is 2. The number of benzene rings is 1. The Morgan fingerprint density at radius 3 is 2.65 bits per heavy atom. The van der Waals surface area contributed by atoms with E-state index in [0.29, 0.717) is 11.4 Å². The molecule has 1 aromatic rings. The smallest absolute Gasteiger partial charge is 0.263 e. The second-order valence-electron chi connectivity index (χ2n) is 4.63. The molecule has 2 rings (SSSR count). The predicted molar refractivity (Wildman–Crippen MR) is 67.0 cm³/mol. The highest BCUT2D eigenvalue weighted by atomic mass is 16.5. The highest BCUT2D eigenvalue weighted by Gasteiger charge is 2.31. The molecule has 4 nitrogen and oxygen atoms in total. The van der Waals surface area contributed by atoms with Crippen LogP contribution in [0.25, 0.3) is 0 Å². The van der Waals surface area contributed by atoms with Crippen molar-refractivity contribution in [1.29, 1.82) is 0 Å². The van der Waals surface area contributed by atoms with Gasteiger partial charge in [-0.15, -0.1) is 0 Å². The number of nitrogen functional groups attached to an aromatic ring is 1. The highest BCUT2D eigenvalue weighted by molar-refractivity contribution is 5.83. The Balaban J connectivity index is 2.19. The van der Waals surface area contributed by atoms with Gasteiger partial charge in [0, 0.05) is 31.8 Å². The van der Waals surface area contributed by atoms with Crippen molar-refractivity contribution in [3.05, 3.63) is 23.3 Å². The van der Waals surface area contributed by atoms with Crippen molar-refractivity contribution in [2.24, 2.45) is 0 Å². The summed E-state index contributed by atoms with van der Waals surface area (Å²) in [5.41, 5.74) is 8.59. The molecule has 1 aromatic carbocycles. The standard InChI is InChI=1S/C13H18N2O2/c1-8-6-9(2)12(7-10(8)14)17-11-4-5-15(3)13(11)16/h6-7,11H,4-5,14H2,1-3H3. The SMILES string of the molecule is Cc1cc(C)c(OC2CCN(C)C2=O)cc1N. The van der Waals surface area contributed by atoms with Gasteiger partial charge in [-0.25, -0.2) is 0 Å². The monoisotopic (exact) mass is 234 g/mol. The fourth-order valence-corrected chi connectivity index (χ4v) is 2.03. The van der Waals surface area contributed by atoms with E-state index in [-0.39, 0.29) is 12.0 Å². The minimum Gasteiger partial charge on any atom is -0.480 e. The fourth-order valence-electron chi connectivity index (χ4n) is 2.03. The van der Waals surface area contributed by atoms with Crippen LogP contribution in [-0.4, -0.2) is 30.5 Å². The average Bonchev–Trinajstić information content (AvgIpc) is 2.58. The number of carbonyl (C=O) groups excluding carboxylic acids is 1. The largest absolute Gasteiger partial charge is 0.480 e. The van der Waals surface area contributed by atoms with Gasteiger partial charge in [0.25, 0.3) is 5.91 Å². The van der Waals surface area contributed by atoms with E-state index in [1.165, 1.54) is 0 Å². The maximum atomic E-state index is 11.7. The Morgan fingerprint density at radius 2 is 2.06 bits per heavy atom. The van der Waals surface area contributed by atoms with Crippen LogP contribution in [0.3, 0.4) is 0 Å². The van der Waals surface area contributed by atoms with Crippen molar-refractivity contribution in [2.45, 2.75) is 26.4 Å². The summed E-state index contributed by atoms with van der Waals surface area (Å²) in [4.78, 5) is 13.4. The van der Waals surface area contributed by atoms with E-state index in [1.54, 1.807) is 18.0 Å². The Bertz CT molecular complexity index is 457. The van der Waals surface area contributed by atoms with Crippen molar-refractivity contribution in [3.8, 4) is 5.75 Å². The third kappa shape index (κ3) is 2.20. The van der Waals surface area contributed by atoms with Gasteiger partial charge in [0.15, 0.2) is 6.10 Å². The zero-order valence-corrected chi connectivity index (χ0v) is 10.5. The first-order chi connectivity index (χ1) is 7.99. The molecule has 1 aliphatic heterocycles. The van der Waals surface area contributed by atoms with E-state index in [2.05, 4.69) is 0 Å². The molecule has 1 aliphatic rings. The van der Waals surface area contributed by atoms with Gasteiger partial charge in [-0.2, -0.15) is 0 Å². The number of ether oxygens (including phenoxy) is 1. The van der Waals surface area contributed by atoms with Gasteiger partial charge in [-0.3, -0.25) is 4.79 Å². The zero-order chi connectivity index (χ0) is 12.6. The molecule has 0 spiro atoms. The van der Waals surface area contributed by atoms with Gasteiger partial charge in [-0.1, -0.05) is 6.07 Å². The van der Waals surface area contributed by atoms with Crippen molar-refractivity contribution < 1.29 is 9.53 Å². The van der Waals surface area contributed by atoms with E-state index in [0.717, 1.165) is 24.1 Å². The van der Waals surface area contributed by atoms with E-state index in [1.807, 2.05) is 19.9 Å². The van der Waals surface area contributed by atoms with Crippen LogP contribution in [0, 0.1) is 13.8 Å². The van der Waals surface area contributed by atoms with Crippen molar-refractivity contribution in [2.75, 3.05) is 19.3 Å². The summed E-state index contributed by atoms with van der Waals surface area (Å²) in [6.07, 6.45) is 0.378. The number of hydrogen-bond donors (Lipinski definition) is 1. The average molecular weight is 234 g/mol. The summed E-state index contributed by atoms with van der Waals surface area (Å²) >= 11 is 0. The minimum absolute atomic E-state index is 0.0450. The molecule has 0 aromatic heterocycles. The number of likely N-dealkylation sites (tertiary alicyclic amines) is 1. The lowest BCUT2D eigenvalue weighted by atomic mass is 10.1. The highest BCUT2D eigenvalue weighted by Crippen LogP contribution is 2.27. The summed E-state index contributed by atoms with van der Waals surface area (Å²) in [6, 6.07) is 3.78. The fraction of sp³-hybridized carbons (Fsp3) is 0.462. The van der Waals surface area contributed by atoms with E-state index in [4.69, 9.17) is 10.5 Å². The van der Waals surface area contributed by atoms with Crippen LogP contribution in [-0.2, 0) is 4.79 Å². The van der Waals surface area contributed by atoms with E-state index in [9.17, 15) is 4.79 Å². The molecule has 1 fully saturated rings. The molecule has 1 unspecified atom stereocenters. The second kappa shape index (κ2) is 4.28. The molecule has 1 atom stereocenters. The first-order valence-corrected chi connectivity index (χ1v) is 5.77. The lowest BCUT2D eigenvalue weighted by molar-refractivity contribution is -0.132. The number of amides is 1. The maximum absolute atomic E-state index is 11.7. The molecule has 2 N–H and O–H groups in total. The quantitative estimate of drug-likeness (QED) is 0.789. The molecule has 0 radical (unpaired) electrons. The van der Waals surface area contributed by atoms with Gasteiger partial charge in [0.1, 0.15) is 5.75 Å². The predicted octanol–water partition coefficient (Wildman–Crippen LogP) is 1.50. The molecule has 1 saturated heterocycles. The molecular weight excluding hydrogens is 216 g/mol. The van der Waals surface area contributed by atoms with E-state index >= 15 is 0 Å². The molecule has 0 aliphatic carbocycles.